The second-order valence-corrected chi connectivity index (χ2v) is 4.79. The van der Waals surface area contributed by atoms with Gasteiger partial charge in [-0.3, -0.25) is 0 Å². The number of carboxylic acid groups (broad SMARTS) is 1. The summed E-state index contributed by atoms with van der Waals surface area (Å²) >= 11 is 0. The number of benzene rings is 2. The standard InChI is InChI=1S/C18H18O4/c1-12-10-13(8-9-16(12)21-2)15(18(19)20)11-14-6-4-5-7-17(14)22-3/h4-11H,1-3H3,(H,19,20)/b15-11-. The topological polar surface area (TPSA) is 55.8 Å². The lowest BCUT2D eigenvalue weighted by atomic mass is 10.0. The van der Waals surface area contributed by atoms with Crippen LogP contribution >= 0.6 is 0 Å². The molecule has 4 nitrogen and oxygen atoms in total. The first-order valence-electron chi connectivity index (χ1n) is 6.80. The summed E-state index contributed by atoms with van der Waals surface area (Å²) in [6.07, 6.45) is 1.61. The Bertz CT molecular complexity index is 717. The maximum absolute atomic E-state index is 11.6. The van der Waals surface area contributed by atoms with Crippen molar-refractivity contribution in [1.29, 1.82) is 0 Å². The molecule has 0 saturated carbocycles. The molecule has 2 aromatic rings. The van der Waals surface area contributed by atoms with Gasteiger partial charge in [0.05, 0.1) is 19.8 Å². The summed E-state index contributed by atoms with van der Waals surface area (Å²) in [6, 6.07) is 12.6. The molecule has 0 bridgehead atoms. The van der Waals surface area contributed by atoms with E-state index in [2.05, 4.69) is 0 Å². The summed E-state index contributed by atoms with van der Waals surface area (Å²) in [6.45, 7) is 1.88. The van der Waals surface area contributed by atoms with Crippen molar-refractivity contribution in [2.75, 3.05) is 14.2 Å². The molecule has 22 heavy (non-hydrogen) atoms. The van der Waals surface area contributed by atoms with Crippen LogP contribution in [0, 0.1) is 6.92 Å². The SMILES string of the molecule is COc1ccc(/C(=C/c2ccccc2OC)C(=O)O)cc1C. The molecule has 4 heteroatoms. The van der Waals surface area contributed by atoms with E-state index in [1.54, 1.807) is 44.6 Å². The first-order chi connectivity index (χ1) is 10.6. The van der Waals surface area contributed by atoms with Crippen LogP contribution in [0.25, 0.3) is 11.6 Å². The molecule has 0 atom stereocenters. The molecule has 0 amide bonds. The largest absolute Gasteiger partial charge is 0.496 e. The van der Waals surface area contributed by atoms with Gasteiger partial charge in [-0.05, 0) is 42.3 Å². The lowest BCUT2D eigenvalue weighted by Gasteiger charge is -2.09. The van der Waals surface area contributed by atoms with Crippen molar-refractivity contribution in [2.24, 2.45) is 0 Å². The fourth-order valence-electron chi connectivity index (χ4n) is 2.26. The Hall–Kier alpha value is -2.75. The summed E-state index contributed by atoms with van der Waals surface area (Å²) in [5, 5.41) is 9.53. The Balaban J connectivity index is 2.53. The van der Waals surface area contributed by atoms with Crippen LogP contribution in [0.2, 0.25) is 0 Å². The molecular formula is C18H18O4. The average Bonchev–Trinajstić information content (AvgIpc) is 2.52. The summed E-state index contributed by atoms with van der Waals surface area (Å²) in [5.41, 5.74) is 2.43. The molecule has 0 unspecified atom stereocenters. The van der Waals surface area contributed by atoms with Crippen molar-refractivity contribution in [3.8, 4) is 11.5 Å². The van der Waals surface area contributed by atoms with Crippen molar-refractivity contribution in [3.63, 3.8) is 0 Å². The lowest BCUT2D eigenvalue weighted by Crippen LogP contribution is -2.01. The number of hydrogen-bond donors (Lipinski definition) is 1. The number of para-hydroxylation sites is 1. The van der Waals surface area contributed by atoms with Crippen LogP contribution in [0.1, 0.15) is 16.7 Å². The van der Waals surface area contributed by atoms with Gasteiger partial charge in [-0.2, -0.15) is 0 Å². The van der Waals surface area contributed by atoms with Gasteiger partial charge in [-0.25, -0.2) is 4.79 Å². The third-order valence-corrected chi connectivity index (χ3v) is 3.38. The van der Waals surface area contributed by atoms with Crippen LogP contribution in [0.4, 0.5) is 0 Å². The summed E-state index contributed by atoms with van der Waals surface area (Å²) < 4.78 is 10.5. The van der Waals surface area contributed by atoms with E-state index in [-0.39, 0.29) is 5.57 Å². The van der Waals surface area contributed by atoms with Crippen LogP contribution in [-0.4, -0.2) is 25.3 Å². The molecule has 2 aromatic carbocycles. The number of carboxylic acids is 1. The third kappa shape index (κ3) is 3.28. The number of carbonyl (C=O) groups is 1. The van der Waals surface area contributed by atoms with E-state index in [0.29, 0.717) is 11.3 Å². The second-order valence-electron chi connectivity index (χ2n) is 4.79. The van der Waals surface area contributed by atoms with Gasteiger partial charge in [-0.1, -0.05) is 24.3 Å². The third-order valence-electron chi connectivity index (χ3n) is 3.38. The summed E-state index contributed by atoms with van der Waals surface area (Å²) in [7, 11) is 3.15. The molecule has 114 valence electrons. The Morgan fingerprint density at radius 3 is 2.32 bits per heavy atom. The molecule has 0 heterocycles. The van der Waals surface area contributed by atoms with Gasteiger partial charge >= 0.3 is 5.97 Å². The number of ether oxygens (including phenoxy) is 2. The quantitative estimate of drug-likeness (QED) is 0.676. The Kier molecular flexibility index (Phi) is 4.84. The van der Waals surface area contributed by atoms with Gasteiger partial charge in [0.1, 0.15) is 11.5 Å². The lowest BCUT2D eigenvalue weighted by molar-refractivity contribution is -0.130. The zero-order chi connectivity index (χ0) is 16.1. The van der Waals surface area contributed by atoms with Crippen molar-refractivity contribution in [1.82, 2.24) is 0 Å². The van der Waals surface area contributed by atoms with E-state index >= 15 is 0 Å². The van der Waals surface area contributed by atoms with Crippen molar-refractivity contribution in [2.45, 2.75) is 6.92 Å². The van der Waals surface area contributed by atoms with Crippen LogP contribution in [0.15, 0.2) is 42.5 Å². The molecule has 0 radical (unpaired) electrons. The maximum Gasteiger partial charge on any atom is 0.336 e. The van der Waals surface area contributed by atoms with Crippen LogP contribution in [0.3, 0.4) is 0 Å². The van der Waals surface area contributed by atoms with Crippen LogP contribution in [-0.2, 0) is 4.79 Å². The van der Waals surface area contributed by atoms with E-state index in [4.69, 9.17) is 9.47 Å². The van der Waals surface area contributed by atoms with Gasteiger partial charge in [0.15, 0.2) is 0 Å². The monoisotopic (exact) mass is 298 g/mol. The molecule has 0 aliphatic heterocycles. The zero-order valence-corrected chi connectivity index (χ0v) is 12.8. The molecule has 1 N–H and O–H groups in total. The van der Waals surface area contributed by atoms with Gasteiger partial charge in [0, 0.05) is 5.56 Å². The highest BCUT2D eigenvalue weighted by Gasteiger charge is 2.13. The smallest absolute Gasteiger partial charge is 0.336 e. The predicted molar refractivity (Wildman–Crippen MR) is 86.2 cm³/mol. The number of aliphatic carboxylic acids is 1. The highest BCUT2D eigenvalue weighted by molar-refractivity contribution is 6.20. The minimum atomic E-state index is -0.990. The molecule has 2 rings (SSSR count). The van der Waals surface area contributed by atoms with Gasteiger partial charge in [0.25, 0.3) is 0 Å². The normalized spacial score (nSPS) is 11.1. The molecule has 0 aromatic heterocycles. The average molecular weight is 298 g/mol. The van der Waals surface area contributed by atoms with Gasteiger partial charge in [-0.15, -0.1) is 0 Å². The summed E-state index contributed by atoms with van der Waals surface area (Å²) in [4.78, 5) is 11.6. The van der Waals surface area contributed by atoms with Crippen LogP contribution < -0.4 is 9.47 Å². The molecule has 0 spiro atoms. The molecule has 0 fully saturated rings. The first-order valence-corrected chi connectivity index (χ1v) is 6.80. The highest BCUT2D eigenvalue weighted by atomic mass is 16.5. The van der Waals surface area contributed by atoms with Crippen molar-refractivity contribution in [3.05, 3.63) is 59.2 Å². The van der Waals surface area contributed by atoms with Crippen LogP contribution in [0.5, 0.6) is 11.5 Å². The number of hydrogen-bond acceptors (Lipinski definition) is 3. The minimum Gasteiger partial charge on any atom is -0.496 e. The predicted octanol–water partition coefficient (Wildman–Crippen LogP) is 3.64. The van der Waals surface area contributed by atoms with E-state index < -0.39 is 5.97 Å². The first kappa shape index (κ1) is 15.6. The second kappa shape index (κ2) is 6.80. The van der Waals surface area contributed by atoms with E-state index in [1.165, 1.54) is 0 Å². The fraction of sp³-hybridized carbons (Fsp3) is 0.167. The number of aryl methyl sites for hydroxylation is 1. The summed E-state index contributed by atoms with van der Waals surface area (Å²) in [5.74, 6) is 0.368. The minimum absolute atomic E-state index is 0.204. The van der Waals surface area contributed by atoms with E-state index in [9.17, 15) is 9.90 Å². The number of rotatable bonds is 5. The molecule has 0 aliphatic carbocycles. The fourth-order valence-corrected chi connectivity index (χ4v) is 2.26. The van der Waals surface area contributed by atoms with Crippen molar-refractivity contribution >= 4 is 17.6 Å². The Morgan fingerprint density at radius 2 is 1.73 bits per heavy atom. The van der Waals surface area contributed by atoms with Crippen molar-refractivity contribution < 1.29 is 19.4 Å². The Morgan fingerprint density at radius 1 is 1.05 bits per heavy atom. The molecule has 0 saturated heterocycles. The Labute approximate surface area is 129 Å². The van der Waals surface area contributed by atoms with Gasteiger partial charge < -0.3 is 14.6 Å². The molecule has 0 aliphatic rings. The van der Waals surface area contributed by atoms with E-state index in [0.717, 1.165) is 16.9 Å². The maximum atomic E-state index is 11.6. The zero-order valence-electron chi connectivity index (χ0n) is 12.8. The molecular weight excluding hydrogens is 280 g/mol. The highest BCUT2D eigenvalue weighted by Crippen LogP contribution is 2.27. The number of methoxy groups -OCH3 is 2. The van der Waals surface area contributed by atoms with Gasteiger partial charge in [0.2, 0.25) is 0 Å². The van der Waals surface area contributed by atoms with E-state index in [1.807, 2.05) is 25.1 Å².